The van der Waals surface area contributed by atoms with Gasteiger partial charge in [0.05, 0.1) is 41.9 Å². The van der Waals surface area contributed by atoms with Gasteiger partial charge in [-0.15, -0.1) is 0 Å². The van der Waals surface area contributed by atoms with Crippen LogP contribution in [0, 0.1) is 5.92 Å². The van der Waals surface area contributed by atoms with E-state index in [2.05, 4.69) is 20.2 Å². The second kappa shape index (κ2) is 7.59. The monoisotopic (exact) mass is 400 g/mol. The highest BCUT2D eigenvalue weighted by Gasteiger charge is 2.29. The van der Waals surface area contributed by atoms with E-state index in [4.69, 9.17) is 21.1 Å². The van der Waals surface area contributed by atoms with Gasteiger partial charge in [-0.3, -0.25) is 10.1 Å². The Balaban J connectivity index is 1.47. The highest BCUT2D eigenvalue weighted by molar-refractivity contribution is 6.33. The van der Waals surface area contributed by atoms with Crippen LogP contribution in [0.25, 0.3) is 11.0 Å². The van der Waals surface area contributed by atoms with Crippen molar-refractivity contribution in [2.24, 2.45) is 5.92 Å². The average Bonchev–Trinajstić information content (AvgIpc) is 3.33. The minimum atomic E-state index is -0.131. The van der Waals surface area contributed by atoms with Crippen LogP contribution in [0.15, 0.2) is 36.4 Å². The molecule has 7 nitrogen and oxygen atoms in total. The number of carbonyl (C=O) groups is 1. The lowest BCUT2D eigenvalue weighted by Crippen LogP contribution is -2.27. The van der Waals surface area contributed by atoms with E-state index in [9.17, 15) is 4.79 Å². The molecule has 1 unspecified atom stereocenters. The third kappa shape index (κ3) is 3.45. The van der Waals surface area contributed by atoms with Crippen molar-refractivity contribution in [2.45, 2.75) is 6.42 Å². The molecule has 1 aliphatic rings. The molecule has 0 saturated carbocycles. The molecule has 28 heavy (non-hydrogen) atoms. The summed E-state index contributed by atoms with van der Waals surface area (Å²) in [4.78, 5) is 22.4. The van der Waals surface area contributed by atoms with Gasteiger partial charge in [0.2, 0.25) is 11.9 Å². The van der Waals surface area contributed by atoms with E-state index in [0.717, 1.165) is 24.2 Å². The number of aromatic nitrogens is 2. The predicted octanol–water partition coefficient (Wildman–Crippen LogP) is 3.70. The van der Waals surface area contributed by atoms with Crippen LogP contribution in [-0.4, -0.2) is 43.2 Å². The lowest BCUT2D eigenvalue weighted by Gasteiger charge is -2.19. The molecule has 0 aliphatic carbocycles. The molecule has 3 aromatic rings. The highest BCUT2D eigenvalue weighted by atomic mass is 35.5. The highest BCUT2D eigenvalue weighted by Crippen LogP contribution is 2.33. The average molecular weight is 401 g/mol. The first-order chi connectivity index (χ1) is 13.6. The van der Waals surface area contributed by atoms with E-state index < -0.39 is 0 Å². The van der Waals surface area contributed by atoms with Crippen LogP contribution in [0.5, 0.6) is 11.5 Å². The molecule has 146 valence electrons. The number of benzene rings is 2. The molecule has 1 atom stereocenters. The Kier molecular flexibility index (Phi) is 5.00. The smallest absolute Gasteiger partial charge is 0.231 e. The third-order valence-electron chi connectivity index (χ3n) is 4.98. The fraction of sp³-hybridized carbons (Fsp3) is 0.300. The summed E-state index contributed by atoms with van der Waals surface area (Å²) in [5, 5.41) is 3.59. The van der Waals surface area contributed by atoms with Crippen LogP contribution in [0.4, 0.5) is 11.6 Å². The fourth-order valence-electron chi connectivity index (χ4n) is 3.52. The van der Waals surface area contributed by atoms with E-state index >= 15 is 0 Å². The van der Waals surface area contributed by atoms with Crippen LogP contribution in [0.1, 0.15) is 6.42 Å². The van der Waals surface area contributed by atoms with Gasteiger partial charge in [0.25, 0.3) is 0 Å². The van der Waals surface area contributed by atoms with Crippen molar-refractivity contribution in [3.8, 4) is 11.5 Å². The van der Waals surface area contributed by atoms with Gasteiger partial charge in [0.15, 0.2) is 11.5 Å². The number of carbonyl (C=O) groups excluding carboxylic acids is 1. The summed E-state index contributed by atoms with van der Waals surface area (Å²) in [5.41, 5.74) is 2.41. The first-order valence-corrected chi connectivity index (χ1v) is 9.39. The number of rotatable bonds is 5. The van der Waals surface area contributed by atoms with Gasteiger partial charge in [-0.25, -0.2) is 4.98 Å². The van der Waals surface area contributed by atoms with Crippen LogP contribution in [0.3, 0.4) is 0 Å². The lowest BCUT2D eigenvalue weighted by molar-refractivity contribution is -0.119. The van der Waals surface area contributed by atoms with E-state index in [1.165, 1.54) is 0 Å². The number of hydrogen-bond donors (Lipinski definition) is 2. The van der Waals surface area contributed by atoms with Crippen molar-refractivity contribution in [2.75, 3.05) is 37.5 Å². The molecule has 1 aromatic heterocycles. The molecule has 1 aliphatic heterocycles. The SMILES string of the molecule is COc1cc2nc(NC(=O)C3CCN(c4ccccc4Cl)C3)[nH]c2cc1OC. The topological polar surface area (TPSA) is 79.5 Å². The lowest BCUT2D eigenvalue weighted by atomic mass is 10.1. The molecule has 1 amide bonds. The summed E-state index contributed by atoms with van der Waals surface area (Å²) < 4.78 is 10.6. The number of nitrogens with one attached hydrogen (secondary N) is 2. The van der Waals surface area contributed by atoms with Crippen LogP contribution in [-0.2, 0) is 4.79 Å². The first-order valence-electron chi connectivity index (χ1n) is 9.01. The van der Waals surface area contributed by atoms with E-state index in [-0.39, 0.29) is 11.8 Å². The minimum absolute atomic E-state index is 0.0625. The van der Waals surface area contributed by atoms with Gasteiger partial charge in [0, 0.05) is 25.2 Å². The maximum atomic E-state index is 12.7. The number of anilines is 2. The molecule has 2 heterocycles. The number of para-hydroxylation sites is 1. The number of imidazole rings is 1. The Morgan fingerprint density at radius 3 is 2.75 bits per heavy atom. The Bertz CT molecular complexity index is 979. The van der Waals surface area contributed by atoms with Gasteiger partial charge < -0.3 is 19.4 Å². The third-order valence-corrected chi connectivity index (χ3v) is 5.30. The molecule has 8 heteroatoms. The summed E-state index contributed by atoms with van der Waals surface area (Å²) in [6.07, 6.45) is 0.763. The van der Waals surface area contributed by atoms with Crippen molar-refractivity contribution >= 4 is 40.2 Å². The fourth-order valence-corrected chi connectivity index (χ4v) is 3.77. The number of amides is 1. The summed E-state index contributed by atoms with van der Waals surface area (Å²) in [6, 6.07) is 11.3. The largest absolute Gasteiger partial charge is 0.493 e. The molecule has 4 rings (SSSR count). The van der Waals surface area contributed by atoms with Crippen LogP contribution in [0.2, 0.25) is 5.02 Å². The molecule has 1 fully saturated rings. The van der Waals surface area contributed by atoms with Crippen molar-refractivity contribution in [3.05, 3.63) is 41.4 Å². The summed E-state index contributed by atoms with van der Waals surface area (Å²) in [6.45, 7) is 1.41. The second-order valence-corrected chi connectivity index (χ2v) is 7.09. The molecule has 0 bridgehead atoms. The predicted molar refractivity (Wildman–Crippen MR) is 110 cm³/mol. The Morgan fingerprint density at radius 2 is 2.00 bits per heavy atom. The molecule has 0 spiro atoms. The van der Waals surface area contributed by atoms with E-state index in [0.29, 0.717) is 34.5 Å². The first kappa shape index (κ1) is 18.4. The number of H-pyrrole nitrogens is 1. The van der Waals surface area contributed by atoms with Crippen LogP contribution >= 0.6 is 11.6 Å². The van der Waals surface area contributed by atoms with Gasteiger partial charge in [-0.05, 0) is 18.6 Å². The Morgan fingerprint density at radius 1 is 1.25 bits per heavy atom. The summed E-state index contributed by atoms with van der Waals surface area (Å²) >= 11 is 6.28. The number of aromatic amines is 1. The van der Waals surface area contributed by atoms with Gasteiger partial charge in [-0.1, -0.05) is 23.7 Å². The molecule has 0 radical (unpaired) electrons. The molecular weight excluding hydrogens is 380 g/mol. The van der Waals surface area contributed by atoms with Crippen molar-refractivity contribution < 1.29 is 14.3 Å². The van der Waals surface area contributed by atoms with E-state index in [1.54, 1.807) is 26.4 Å². The maximum Gasteiger partial charge on any atom is 0.231 e. The minimum Gasteiger partial charge on any atom is -0.493 e. The quantitative estimate of drug-likeness (QED) is 0.682. The summed E-state index contributed by atoms with van der Waals surface area (Å²) in [7, 11) is 3.15. The standard InChI is InChI=1S/C20H21ClN4O3/c1-27-17-9-14-15(10-18(17)28-2)23-20(22-14)24-19(26)12-7-8-25(11-12)16-6-4-3-5-13(16)21/h3-6,9-10,12H,7-8,11H2,1-2H3,(H2,22,23,24,26). The maximum absolute atomic E-state index is 12.7. The second-order valence-electron chi connectivity index (χ2n) is 6.68. The van der Waals surface area contributed by atoms with Crippen molar-refractivity contribution in [1.29, 1.82) is 0 Å². The van der Waals surface area contributed by atoms with E-state index in [1.807, 2.05) is 24.3 Å². The number of halogens is 1. The molecular formula is C20H21ClN4O3. The normalized spacial score (nSPS) is 16.4. The zero-order valence-corrected chi connectivity index (χ0v) is 16.4. The zero-order valence-electron chi connectivity index (χ0n) is 15.7. The number of fused-ring (bicyclic) bond motifs is 1. The van der Waals surface area contributed by atoms with Gasteiger partial charge >= 0.3 is 0 Å². The Hall–Kier alpha value is -2.93. The van der Waals surface area contributed by atoms with Crippen molar-refractivity contribution in [3.63, 3.8) is 0 Å². The zero-order chi connectivity index (χ0) is 19.7. The van der Waals surface area contributed by atoms with Gasteiger partial charge in [-0.2, -0.15) is 0 Å². The van der Waals surface area contributed by atoms with Crippen LogP contribution < -0.4 is 19.7 Å². The molecule has 2 aromatic carbocycles. The number of methoxy groups -OCH3 is 2. The molecule has 1 saturated heterocycles. The van der Waals surface area contributed by atoms with Gasteiger partial charge in [0.1, 0.15) is 0 Å². The number of ether oxygens (including phenoxy) is 2. The Labute approximate surface area is 167 Å². The number of nitrogens with zero attached hydrogens (tertiary/aromatic N) is 2. The summed E-state index contributed by atoms with van der Waals surface area (Å²) in [5.74, 6) is 1.40. The molecule has 2 N–H and O–H groups in total. The van der Waals surface area contributed by atoms with Crippen molar-refractivity contribution in [1.82, 2.24) is 9.97 Å². The number of hydrogen-bond acceptors (Lipinski definition) is 5.